The van der Waals surface area contributed by atoms with E-state index in [-0.39, 0.29) is 0 Å². The van der Waals surface area contributed by atoms with Gasteiger partial charge in [-0.15, -0.1) is 0 Å². The molecule has 4 rings (SSSR count). The Bertz CT molecular complexity index is 912. The minimum absolute atomic E-state index is 0.600. The minimum atomic E-state index is 0.600. The van der Waals surface area contributed by atoms with Crippen LogP contribution < -0.4 is 15.5 Å². The second-order valence-corrected chi connectivity index (χ2v) is 6.67. The van der Waals surface area contributed by atoms with Crippen LogP contribution in [-0.4, -0.2) is 41.3 Å². The molecule has 1 aliphatic rings. The molecule has 0 saturated carbocycles. The molecule has 0 atom stereocenters. The van der Waals surface area contributed by atoms with Crippen LogP contribution in [0.4, 0.5) is 23.1 Å². The van der Waals surface area contributed by atoms with Crippen molar-refractivity contribution in [1.29, 1.82) is 0 Å². The first-order valence-corrected chi connectivity index (χ1v) is 9.45. The Morgan fingerprint density at radius 3 is 2.64 bits per heavy atom. The summed E-state index contributed by atoms with van der Waals surface area (Å²) in [5, 5.41) is 6.75. The van der Waals surface area contributed by atoms with Gasteiger partial charge in [0.1, 0.15) is 5.82 Å². The molecule has 7 nitrogen and oxygen atoms in total. The summed E-state index contributed by atoms with van der Waals surface area (Å²) < 4.78 is 5.48. The lowest BCUT2D eigenvalue weighted by Gasteiger charge is -2.30. The second-order valence-electron chi connectivity index (χ2n) is 6.67. The molecule has 2 N–H and O–H groups in total. The highest BCUT2D eigenvalue weighted by molar-refractivity contribution is 5.74. The van der Waals surface area contributed by atoms with Crippen LogP contribution in [0.15, 0.2) is 54.9 Å². The molecule has 1 fully saturated rings. The molecule has 0 bridgehead atoms. The van der Waals surface area contributed by atoms with Gasteiger partial charge in [-0.3, -0.25) is 4.98 Å². The van der Waals surface area contributed by atoms with Crippen LogP contribution in [-0.2, 0) is 11.3 Å². The summed E-state index contributed by atoms with van der Waals surface area (Å²) in [6.07, 6.45) is 3.56. The molecule has 0 aliphatic carbocycles. The maximum Gasteiger partial charge on any atom is 0.225 e. The number of anilines is 4. The molecule has 0 amide bonds. The summed E-state index contributed by atoms with van der Waals surface area (Å²) in [5.41, 5.74) is 4.22. The Kier molecular flexibility index (Phi) is 5.63. The van der Waals surface area contributed by atoms with Crippen molar-refractivity contribution in [1.82, 2.24) is 15.0 Å². The van der Waals surface area contributed by atoms with E-state index >= 15 is 0 Å². The van der Waals surface area contributed by atoms with E-state index in [1.165, 1.54) is 0 Å². The van der Waals surface area contributed by atoms with Crippen molar-refractivity contribution in [3.05, 3.63) is 66.1 Å². The number of pyridine rings is 1. The maximum atomic E-state index is 5.48. The highest BCUT2D eigenvalue weighted by atomic mass is 16.5. The first-order chi connectivity index (χ1) is 13.8. The number of nitrogens with one attached hydrogen (secondary N) is 2. The third-order valence-corrected chi connectivity index (χ3v) is 4.57. The summed E-state index contributed by atoms with van der Waals surface area (Å²) in [7, 11) is 0. The average molecular weight is 376 g/mol. The second kappa shape index (κ2) is 8.67. The van der Waals surface area contributed by atoms with Gasteiger partial charge in [-0.05, 0) is 36.8 Å². The molecular formula is C21H24N6O. The van der Waals surface area contributed by atoms with E-state index in [9.17, 15) is 0 Å². The SMILES string of the molecule is Cc1cc(Nc2ccccc2N2CCOCC2)nc(NCc2ccncc2)n1. The van der Waals surface area contributed by atoms with E-state index in [2.05, 4.69) is 48.7 Å². The molecular weight excluding hydrogens is 352 g/mol. The number of aryl methyl sites for hydroxylation is 1. The molecule has 3 aromatic rings. The van der Waals surface area contributed by atoms with Crippen molar-refractivity contribution < 1.29 is 4.74 Å². The lowest BCUT2D eigenvalue weighted by Crippen LogP contribution is -2.36. The smallest absolute Gasteiger partial charge is 0.225 e. The number of aromatic nitrogens is 3. The number of rotatable bonds is 6. The standard InChI is InChI=1S/C21H24N6O/c1-16-14-20(26-21(24-16)23-15-17-6-8-22-9-7-17)25-18-4-2-3-5-19(18)27-10-12-28-13-11-27/h2-9,14H,10-13,15H2,1H3,(H2,23,24,25,26). The van der Waals surface area contributed by atoms with E-state index in [0.29, 0.717) is 12.5 Å². The van der Waals surface area contributed by atoms with Crippen LogP contribution in [0.5, 0.6) is 0 Å². The molecule has 1 saturated heterocycles. The van der Waals surface area contributed by atoms with E-state index < -0.39 is 0 Å². The van der Waals surface area contributed by atoms with Crippen molar-refractivity contribution in [3.8, 4) is 0 Å². The molecule has 28 heavy (non-hydrogen) atoms. The fourth-order valence-electron chi connectivity index (χ4n) is 3.19. The van der Waals surface area contributed by atoms with Crippen LogP contribution in [0.3, 0.4) is 0 Å². The van der Waals surface area contributed by atoms with Crippen LogP contribution in [0.1, 0.15) is 11.3 Å². The predicted molar refractivity (Wildman–Crippen MR) is 111 cm³/mol. The number of benzene rings is 1. The van der Waals surface area contributed by atoms with Gasteiger partial charge in [0.25, 0.3) is 0 Å². The van der Waals surface area contributed by atoms with Gasteiger partial charge < -0.3 is 20.3 Å². The zero-order chi connectivity index (χ0) is 19.2. The summed E-state index contributed by atoms with van der Waals surface area (Å²) in [6, 6.07) is 14.2. The third-order valence-electron chi connectivity index (χ3n) is 4.57. The van der Waals surface area contributed by atoms with E-state index in [1.54, 1.807) is 12.4 Å². The van der Waals surface area contributed by atoms with Crippen LogP contribution in [0.2, 0.25) is 0 Å². The van der Waals surface area contributed by atoms with Gasteiger partial charge in [0, 0.05) is 43.8 Å². The zero-order valence-corrected chi connectivity index (χ0v) is 15.9. The van der Waals surface area contributed by atoms with Crippen LogP contribution in [0, 0.1) is 6.92 Å². The fourth-order valence-corrected chi connectivity index (χ4v) is 3.19. The van der Waals surface area contributed by atoms with Crippen molar-refractivity contribution in [2.24, 2.45) is 0 Å². The first kappa shape index (κ1) is 18.2. The summed E-state index contributed by atoms with van der Waals surface area (Å²) in [5.74, 6) is 1.37. The number of ether oxygens (including phenoxy) is 1. The molecule has 1 aliphatic heterocycles. The van der Waals surface area contributed by atoms with Gasteiger partial charge in [-0.1, -0.05) is 12.1 Å². The van der Waals surface area contributed by atoms with Gasteiger partial charge in [0.2, 0.25) is 5.95 Å². The average Bonchev–Trinajstić information content (AvgIpc) is 2.74. The van der Waals surface area contributed by atoms with E-state index in [0.717, 1.165) is 54.8 Å². The highest BCUT2D eigenvalue weighted by Crippen LogP contribution is 2.29. The van der Waals surface area contributed by atoms with Crippen molar-refractivity contribution in [3.63, 3.8) is 0 Å². The molecule has 144 valence electrons. The van der Waals surface area contributed by atoms with Crippen molar-refractivity contribution in [2.75, 3.05) is 41.8 Å². The highest BCUT2D eigenvalue weighted by Gasteiger charge is 2.15. The molecule has 0 unspecified atom stereocenters. The fraction of sp³-hybridized carbons (Fsp3) is 0.286. The third kappa shape index (κ3) is 4.55. The Labute approximate surface area is 164 Å². The van der Waals surface area contributed by atoms with Gasteiger partial charge in [0.05, 0.1) is 24.6 Å². The molecule has 0 spiro atoms. The lowest BCUT2D eigenvalue weighted by atomic mass is 10.2. The molecule has 7 heteroatoms. The Morgan fingerprint density at radius 2 is 1.82 bits per heavy atom. The quantitative estimate of drug-likeness (QED) is 0.683. The summed E-state index contributed by atoms with van der Waals surface area (Å²) in [4.78, 5) is 15.5. The Hall–Kier alpha value is -3.19. The molecule has 0 radical (unpaired) electrons. The largest absolute Gasteiger partial charge is 0.378 e. The van der Waals surface area contributed by atoms with Gasteiger partial charge in [-0.2, -0.15) is 4.98 Å². The molecule has 1 aromatic carbocycles. The molecule has 2 aromatic heterocycles. The maximum absolute atomic E-state index is 5.48. The zero-order valence-electron chi connectivity index (χ0n) is 15.9. The van der Waals surface area contributed by atoms with Crippen molar-refractivity contribution in [2.45, 2.75) is 13.5 Å². The summed E-state index contributed by atoms with van der Waals surface area (Å²) >= 11 is 0. The first-order valence-electron chi connectivity index (χ1n) is 9.45. The van der Waals surface area contributed by atoms with Crippen molar-refractivity contribution >= 4 is 23.1 Å². The van der Waals surface area contributed by atoms with Gasteiger partial charge in [0.15, 0.2) is 0 Å². The topological polar surface area (TPSA) is 75.2 Å². The predicted octanol–water partition coefficient (Wildman–Crippen LogP) is 3.37. The van der Waals surface area contributed by atoms with E-state index in [4.69, 9.17) is 4.74 Å². The number of hydrogen-bond acceptors (Lipinski definition) is 7. The van der Waals surface area contributed by atoms with Gasteiger partial charge >= 0.3 is 0 Å². The normalized spacial score (nSPS) is 14.0. The number of morpholine rings is 1. The van der Waals surface area contributed by atoms with Crippen LogP contribution in [0.25, 0.3) is 0 Å². The molecule has 3 heterocycles. The number of nitrogens with zero attached hydrogens (tertiary/aromatic N) is 4. The number of para-hydroxylation sites is 2. The number of hydrogen-bond donors (Lipinski definition) is 2. The summed E-state index contributed by atoms with van der Waals surface area (Å²) in [6.45, 7) is 5.91. The van der Waals surface area contributed by atoms with E-state index in [1.807, 2.05) is 31.2 Å². The Balaban J connectivity index is 1.51. The minimum Gasteiger partial charge on any atom is -0.378 e. The monoisotopic (exact) mass is 376 g/mol. The van der Waals surface area contributed by atoms with Crippen LogP contribution >= 0.6 is 0 Å². The Morgan fingerprint density at radius 1 is 1.04 bits per heavy atom. The van der Waals surface area contributed by atoms with Gasteiger partial charge in [-0.25, -0.2) is 4.98 Å². The lowest BCUT2D eigenvalue weighted by molar-refractivity contribution is 0.123.